The fraction of sp³-hybridized carbons (Fsp3) is 0.150. The first-order chi connectivity index (χ1) is 13.1. The summed E-state index contributed by atoms with van der Waals surface area (Å²) in [7, 11) is 0. The van der Waals surface area contributed by atoms with Crippen LogP contribution in [0, 0.1) is 0 Å². The lowest BCUT2D eigenvalue weighted by Gasteiger charge is -2.38. The summed E-state index contributed by atoms with van der Waals surface area (Å²) >= 11 is 0. The van der Waals surface area contributed by atoms with Crippen molar-refractivity contribution in [1.29, 1.82) is 0 Å². The minimum Gasteiger partial charge on any atom is -0.481 e. The maximum Gasteiger partial charge on any atom is 0.305 e. The van der Waals surface area contributed by atoms with Crippen molar-refractivity contribution in [2.75, 3.05) is 6.54 Å². The number of benzene rings is 2. The lowest BCUT2D eigenvalue weighted by Crippen LogP contribution is -2.43. The van der Waals surface area contributed by atoms with Gasteiger partial charge < -0.3 is 20.5 Å². The number of oxime groups is 1. The van der Waals surface area contributed by atoms with E-state index in [1.807, 2.05) is 35.2 Å². The van der Waals surface area contributed by atoms with Gasteiger partial charge in [-0.25, -0.2) is 0 Å². The van der Waals surface area contributed by atoms with Gasteiger partial charge in [0.1, 0.15) is 0 Å². The Hall–Kier alpha value is -3.61. The molecule has 1 heterocycles. The van der Waals surface area contributed by atoms with E-state index in [4.69, 9.17) is 0 Å². The first kappa shape index (κ1) is 18.2. The summed E-state index contributed by atoms with van der Waals surface area (Å²) in [5.74, 6) is -1.42. The molecule has 27 heavy (non-hydrogen) atoms. The number of aliphatic carboxylic acids is 1. The molecule has 3 N–H and O–H groups in total. The fourth-order valence-electron chi connectivity index (χ4n) is 2.95. The van der Waals surface area contributed by atoms with Crippen molar-refractivity contribution in [3.05, 3.63) is 83.7 Å². The van der Waals surface area contributed by atoms with Crippen LogP contribution in [-0.2, 0) is 9.59 Å². The van der Waals surface area contributed by atoms with Crippen LogP contribution in [0.5, 0.6) is 0 Å². The highest BCUT2D eigenvalue weighted by Gasteiger charge is 2.29. The van der Waals surface area contributed by atoms with Crippen LogP contribution in [0.25, 0.3) is 0 Å². The highest BCUT2D eigenvalue weighted by Crippen LogP contribution is 2.29. The molecule has 138 valence electrons. The molecule has 0 aliphatic carbocycles. The van der Waals surface area contributed by atoms with E-state index in [1.54, 1.807) is 36.5 Å². The average Bonchev–Trinajstić information content (AvgIpc) is 2.65. The van der Waals surface area contributed by atoms with Crippen LogP contribution in [0.4, 0.5) is 0 Å². The Balaban J connectivity index is 1.69. The summed E-state index contributed by atoms with van der Waals surface area (Å²) in [6.07, 6.45) is 1.66. The molecule has 1 atom stereocenters. The summed E-state index contributed by atoms with van der Waals surface area (Å²) in [5.41, 5.74) is 1.94. The summed E-state index contributed by atoms with van der Waals surface area (Å²) in [6, 6.07) is 17.7. The van der Waals surface area contributed by atoms with Crippen molar-refractivity contribution >= 4 is 17.6 Å². The molecule has 1 unspecified atom stereocenters. The second-order valence-electron chi connectivity index (χ2n) is 6.12. The van der Waals surface area contributed by atoms with Gasteiger partial charge in [-0.3, -0.25) is 9.59 Å². The molecule has 2 aromatic carbocycles. The zero-order valence-electron chi connectivity index (χ0n) is 14.4. The molecule has 2 aromatic rings. The predicted molar refractivity (Wildman–Crippen MR) is 99.1 cm³/mol. The second kappa shape index (κ2) is 8.18. The fourth-order valence-corrected chi connectivity index (χ4v) is 2.95. The summed E-state index contributed by atoms with van der Waals surface area (Å²) in [6.45, 7) is 0.395. The first-order valence-corrected chi connectivity index (χ1v) is 8.40. The van der Waals surface area contributed by atoms with E-state index in [9.17, 15) is 19.9 Å². The molecule has 0 fully saturated rings. The highest BCUT2D eigenvalue weighted by atomic mass is 16.4. The zero-order valence-corrected chi connectivity index (χ0v) is 14.4. The third-order valence-corrected chi connectivity index (χ3v) is 4.26. The van der Waals surface area contributed by atoms with Crippen LogP contribution in [0.15, 0.2) is 77.7 Å². The molecule has 1 aliphatic heterocycles. The molecule has 7 heteroatoms. The molecule has 0 spiro atoms. The highest BCUT2D eigenvalue weighted by molar-refractivity contribution is 6.45. The van der Waals surface area contributed by atoms with Crippen LogP contribution in [-0.4, -0.2) is 39.3 Å². The monoisotopic (exact) mass is 365 g/mol. The number of carboxylic acids is 1. The van der Waals surface area contributed by atoms with Gasteiger partial charge >= 0.3 is 5.97 Å². The van der Waals surface area contributed by atoms with Gasteiger partial charge in [0.2, 0.25) is 0 Å². The van der Waals surface area contributed by atoms with Crippen molar-refractivity contribution in [3.8, 4) is 0 Å². The van der Waals surface area contributed by atoms with E-state index < -0.39 is 11.9 Å². The molecule has 0 saturated heterocycles. The van der Waals surface area contributed by atoms with Crippen LogP contribution in [0.1, 0.15) is 23.6 Å². The van der Waals surface area contributed by atoms with E-state index in [-0.39, 0.29) is 18.2 Å². The molecular formula is C20H19N3O4. The molecule has 0 radical (unpaired) electrons. The topological polar surface area (TPSA) is 102 Å². The maximum atomic E-state index is 12.3. The molecule has 7 nitrogen and oxygen atoms in total. The number of carboxylic acid groups (broad SMARTS) is 1. The number of nitrogens with one attached hydrogen (secondary N) is 1. The molecular weight excluding hydrogens is 346 g/mol. The first-order valence-electron chi connectivity index (χ1n) is 8.40. The number of amides is 1. The van der Waals surface area contributed by atoms with Crippen molar-refractivity contribution in [2.24, 2.45) is 5.16 Å². The molecule has 0 saturated carbocycles. The smallest absolute Gasteiger partial charge is 0.305 e. The van der Waals surface area contributed by atoms with Gasteiger partial charge in [-0.2, -0.15) is 0 Å². The molecule has 1 aliphatic rings. The van der Waals surface area contributed by atoms with Crippen molar-refractivity contribution in [2.45, 2.75) is 12.5 Å². The third-order valence-electron chi connectivity index (χ3n) is 4.26. The van der Waals surface area contributed by atoms with Gasteiger partial charge in [0.25, 0.3) is 5.91 Å². The Kier molecular flexibility index (Phi) is 5.51. The summed E-state index contributed by atoms with van der Waals surface area (Å²) < 4.78 is 0. The van der Waals surface area contributed by atoms with Gasteiger partial charge in [0.15, 0.2) is 5.71 Å². The number of hydrogen-bond acceptors (Lipinski definition) is 5. The van der Waals surface area contributed by atoms with Crippen LogP contribution >= 0.6 is 0 Å². The van der Waals surface area contributed by atoms with Crippen LogP contribution in [0.2, 0.25) is 0 Å². The van der Waals surface area contributed by atoms with Gasteiger partial charge in [-0.1, -0.05) is 65.8 Å². The van der Waals surface area contributed by atoms with E-state index in [2.05, 4.69) is 10.5 Å². The predicted octanol–water partition coefficient (Wildman–Crippen LogP) is 2.35. The number of carbonyl (C=O) groups excluding carboxylic acids is 1. The Bertz CT molecular complexity index is 879. The van der Waals surface area contributed by atoms with Gasteiger partial charge in [0, 0.05) is 11.8 Å². The zero-order chi connectivity index (χ0) is 19.2. The number of nitrogens with zero attached hydrogens (tertiary/aromatic N) is 2. The third kappa shape index (κ3) is 4.33. The number of carbonyl (C=O) groups is 2. The Morgan fingerprint density at radius 3 is 2.22 bits per heavy atom. The molecule has 3 rings (SSSR count). The lowest BCUT2D eigenvalue weighted by molar-refractivity contribution is -0.138. The minimum atomic E-state index is -0.895. The normalized spacial score (nSPS) is 14.7. The van der Waals surface area contributed by atoms with Gasteiger partial charge in [-0.15, -0.1) is 0 Å². The molecule has 0 bridgehead atoms. The number of hydrogen-bond donors (Lipinski definition) is 3. The average molecular weight is 365 g/mol. The lowest BCUT2D eigenvalue weighted by atomic mass is 10.00. The Morgan fingerprint density at radius 1 is 1.07 bits per heavy atom. The van der Waals surface area contributed by atoms with Crippen molar-refractivity contribution in [3.63, 3.8) is 0 Å². The minimum absolute atomic E-state index is 0.0465. The number of rotatable bonds is 7. The van der Waals surface area contributed by atoms with Gasteiger partial charge in [-0.05, 0) is 5.56 Å². The van der Waals surface area contributed by atoms with E-state index in [0.717, 1.165) is 5.56 Å². The quantitative estimate of drug-likeness (QED) is 0.397. The largest absolute Gasteiger partial charge is 0.481 e. The van der Waals surface area contributed by atoms with E-state index in [1.165, 1.54) is 0 Å². The Labute approximate surface area is 156 Å². The standard InChI is InChI=1S/C20H19N3O4/c24-18(25)11-17(14-7-3-1-4-8-14)23-12-16(13-23)21-20(26)19(22-27)15-9-5-2-6-10-15/h1-10,12,17,27H,11,13H2,(H,21,26)(H,24,25)/b22-19+. The van der Waals surface area contributed by atoms with Crippen molar-refractivity contribution in [1.82, 2.24) is 10.2 Å². The summed E-state index contributed by atoms with van der Waals surface area (Å²) in [5, 5.41) is 24.2. The molecule has 0 aromatic heterocycles. The van der Waals surface area contributed by atoms with Crippen LogP contribution < -0.4 is 5.32 Å². The van der Waals surface area contributed by atoms with E-state index >= 15 is 0 Å². The maximum absolute atomic E-state index is 12.3. The van der Waals surface area contributed by atoms with Crippen LogP contribution in [0.3, 0.4) is 0 Å². The second-order valence-corrected chi connectivity index (χ2v) is 6.12. The SMILES string of the molecule is O=C(O)CC(c1ccccc1)N1C=C(NC(=O)/C(=N/O)c2ccccc2)C1. The Morgan fingerprint density at radius 2 is 1.67 bits per heavy atom. The summed E-state index contributed by atoms with van der Waals surface area (Å²) in [4.78, 5) is 25.4. The van der Waals surface area contributed by atoms with Crippen molar-refractivity contribution < 1.29 is 19.9 Å². The van der Waals surface area contributed by atoms with E-state index in [0.29, 0.717) is 17.8 Å². The van der Waals surface area contributed by atoms with Gasteiger partial charge in [0.05, 0.1) is 24.7 Å². The molecule has 1 amide bonds.